The van der Waals surface area contributed by atoms with Crippen molar-refractivity contribution in [2.75, 3.05) is 7.11 Å². The minimum Gasteiger partial charge on any atom is -0.467 e. The van der Waals surface area contributed by atoms with E-state index in [1.165, 1.54) is 29.3 Å². The van der Waals surface area contributed by atoms with Gasteiger partial charge in [0.1, 0.15) is 10.9 Å². The first-order valence-electron chi connectivity index (χ1n) is 8.38. The van der Waals surface area contributed by atoms with Gasteiger partial charge in [-0.1, -0.05) is 41.9 Å². The van der Waals surface area contributed by atoms with Crippen molar-refractivity contribution in [1.29, 1.82) is 0 Å². The van der Waals surface area contributed by atoms with Gasteiger partial charge in [0.2, 0.25) is 0 Å². The highest BCUT2D eigenvalue weighted by atomic mass is 79.9. The predicted molar refractivity (Wildman–Crippen MR) is 108 cm³/mol. The molecule has 3 aromatic rings. The normalized spacial score (nSPS) is 12.3. The third-order valence-electron chi connectivity index (χ3n) is 4.36. The Labute approximate surface area is 163 Å². The molecule has 0 saturated carbocycles. The van der Waals surface area contributed by atoms with Gasteiger partial charge in [0.15, 0.2) is 0 Å². The van der Waals surface area contributed by atoms with Crippen LogP contribution >= 0.6 is 27.3 Å². The van der Waals surface area contributed by atoms with Crippen LogP contribution in [0.3, 0.4) is 0 Å². The Bertz CT molecular complexity index is 1010. The lowest BCUT2D eigenvalue weighted by atomic mass is 10.0. The Kier molecular flexibility index (Phi) is 5.58. The van der Waals surface area contributed by atoms with Crippen LogP contribution in [0.15, 0.2) is 39.9 Å². The van der Waals surface area contributed by atoms with Crippen LogP contribution in [-0.2, 0) is 16.0 Å². The summed E-state index contributed by atoms with van der Waals surface area (Å²) in [5, 5.41) is 0.569. The highest BCUT2D eigenvalue weighted by Crippen LogP contribution is 2.37. The van der Waals surface area contributed by atoms with Gasteiger partial charge in [-0.05, 0) is 30.5 Å². The van der Waals surface area contributed by atoms with Crippen molar-refractivity contribution in [3.8, 4) is 11.1 Å². The summed E-state index contributed by atoms with van der Waals surface area (Å²) in [4.78, 5) is 31.6. The molecule has 1 atom stereocenters. The largest absolute Gasteiger partial charge is 0.467 e. The van der Waals surface area contributed by atoms with Crippen molar-refractivity contribution in [2.45, 2.75) is 32.7 Å². The van der Waals surface area contributed by atoms with E-state index in [1.54, 1.807) is 0 Å². The molecule has 0 bridgehead atoms. The fourth-order valence-corrected chi connectivity index (χ4v) is 4.41. The van der Waals surface area contributed by atoms with E-state index >= 15 is 0 Å². The number of aromatic nitrogens is 2. The number of ether oxygens (including phenoxy) is 1. The molecule has 7 heteroatoms. The van der Waals surface area contributed by atoms with E-state index in [1.807, 2.05) is 31.2 Å². The SMILES string of the molecule is CCc1sc2ncn(C(CC)C(=O)OC)c(=O)c2c1-c1ccc(Br)cc1. The maximum Gasteiger partial charge on any atom is 0.329 e. The lowest BCUT2D eigenvalue weighted by molar-refractivity contribution is -0.144. The van der Waals surface area contributed by atoms with E-state index in [4.69, 9.17) is 4.74 Å². The zero-order valence-corrected chi connectivity index (χ0v) is 17.2. The molecular formula is C19H19BrN2O3S. The van der Waals surface area contributed by atoms with Crippen LogP contribution in [0.2, 0.25) is 0 Å². The van der Waals surface area contributed by atoms with Crippen LogP contribution in [0.4, 0.5) is 0 Å². The molecule has 0 amide bonds. The Morgan fingerprint density at radius 1 is 1.31 bits per heavy atom. The zero-order chi connectivity index (χ0) is 18.8. The number of rotatable bonds is 5. The molecule has 0 saturated heterocycles. The van der Waals surface area contributed by atoms with Crippen LogP contribution in [0, 0.1) is 0 Å². The van der Waals surface area contributed by atoms with E-state index in [0.717, 1.165) is 26.9 Å². The maximum absolute atomic E-state index is 13.3. The smallest absolute Gasteiger partial charge is 0.329 e. The number of hydrogen-bond donors (Lipinski definition) is 0. The van der Waals surface area contributed by atoms with Gasteiger partial charge in [-0.25, -0.2) is 9.78 Å². The molecule has 2 heterocycles. The van der Waals surface area contributed by atoms with Crippen LogP contribution in [0.5, 0.6) is 0 Å². The van der Waals surface area contributed by atoms with Gasteiger partial charge in [0.25, 0.3) is 5.56 Å². The number of nitrogens with zero attached hydrogens (tertiary/aromatic N) is 2. The molecular weight excluding hydrogens is 416 g/mol. The summed E-state index contributed by atoms with van der Waals surface area (Å²) < 4.78 is 7.22. The van der Waals surface area contributed by atoms with Crippen molar-refractivity contribution in [2.24, 2.45) is 0 Å². The van der Waals surface area contributed by atoms with Crippen LogP contribution in [-0.4, -0.2) is 22.6 Å². The molecule has 26 heavy (non-hydrogen) atoms. The minimum absolute atomic E-state index is 0.207. The number of halogens is 1. The number of carbonyl (C=O) groups is 1. The second-order valence-electron chi connectivity index (χ2n) is 5.85. The fraction of sp³-hybridized carbons (Fsp3) is 0.316. The van der Waals surface area contributed by atoms with Crippen molar-refractivity contribution in [3.63, 3.8) is 0 Å². The summed E-state index contributed by atoms with van der Waals surface area (Å²) in [6, 6.07) is 7.21. The highest BCUT2D eigenvalue weighted by molar-refractivity contribution is 9.10. The number of fused-ring (bicyclic) bond motifs is 1. The molecule has 5 nitrogen and oxygen atoms in total. The topological polar surface area (TPSA) is 61.2 Å². The third-order valence-corrected chi connectivity index (χ3v) is 6.13. The average molecular weight is 435 g/mol. The summed E-state index contributed by atoms with van der Waals surface area (Å²) in [6.45, 7) is 3.91. The molecule has 0 aliphatic rings. The summed E-state index contributed by atoms with van der Waals surface area (Å²) in [5.74, 6) is -0.438. The number of thiophene rings is 1. The summed E-state index contributed by atoms with van der Waals surface area (Å²) in [5.41, 5.74) is 1.67. The van der Waals surface area contributed by atoms with E-state index < -0.39 is 12.0 Å². The molecule has 1 unspecified atom stereocenters. The number of carbonyl (C=O) groups excluding carboxylic acids is 1. The van der Waals surface area contributed by atoms with Crippen LogP contribution in [0.25, 0.3) is 21.3 Å². The molecule has 0 fully saturated rings. The van der Waals surface area contributed by atoms with Crippen LogP contribution in [0.1, 0.15) is 31.2 Å². The molecule has 1 aromatic carbocycles. The lowest BCUT2D eigenvalue weighted by Crippen LogP contribution is -2.30. The van der Waals surface area contributed by atoms with Gasteiger partial charge < -0.3 is 4.74 Å². The van der Waals surface area contributed by atoms with Gasteiger partial charge in [0.05, 0.1) is 18.8 Å². The van der Waals surface area contributed by atoms with E-state index in [-0.39, 0.29) is 5.56 Å². The first-order valence-corrected chi connectivity index (χ1v) is 9.99. The molecule has 0 aliphatic heterocycles. The Morgan fingerprint density at radius 3 is 2.58 bits per heavy atom. The van der Waals surface area contributed by atoms with Crippen LogP contribution < -0.4 is 5.56 Å². The summed E-state index contributed by atoms with van der Waals surface area (Å²) in [6.07, 6.45) is 2.72. The first-order chi connectivity index (χ1) is 12.5. The molecule has 0 spiro atoms. The second kappa shape index (κ2) is 7.72. The minimum atomic E-state index is -0.674. The number of methoxy groups -OCH3 is 1. The Morgan fingerprint density at radius 2 is 2.00 bits per heavy atom. The Hall–Kier alpha value is -1.99. The Balaban J connectivity index is 2.30. The van der Waals surface area contributed by atoms with Crippen molar-refractivity contribution < 1.29 is 9.53 Å². The summed E-state index contributed by atoms with van der Waals surface area (Å²) in [7, 11) is 1.33. The fourth-order valence-electron chi connectivity index (χ4n) is 3.06. The molecule has 0 radical (unpaired) electrons. The van der Waals surface area contributed by atoms with E-state index in [2.05, 4.69) is 27.8 Å². The van der Waals surface area contributed by atoms with Gasteiger partial charge in [-0.3, -0.25) is 9.36 Å². The summed E-state index contributed by atoms with van der Waals surface area (Å²) >= 11 is 4.97. The average Bonchev–Trinajstić information content (AvgIpc) is 3.04. The quantitative estimate of drug-likeness (QED) is 0.551. The zero-order valence-electron chi connectivity index (χ0n) is 14.8. The van der Waals surface area contributed by atoms with Crippen molar-refractivity contribution in [3.05, 3.63) is 50.3 Å². The lowest BCUT2D eigenvalue weighted by Gasteiger charge is -2.15. The third kappa shape index (κ3) is 3.21. The first kappa shape index (κ1) is 18.8. The van der Waals surface area contributed by atoms with Gasteiger partial charge >= 0.3 is 5.97 Å². The highest BCUT2D eigenvalue weighted by Gasteiger charge is 2.24. The molecule has 0 N–H and O–H groups in total. The standard InChI is InChI=1S/C19H19BrN2O3S/c1-4-13(19(24)25-3)22-10-21-17-16(18(22)23)15(14(5-2)26-17)11-6-8-12(20)9-7-11/h6-10,13H,4-5H2,1-3H3. The van der Waals surface area contributed by atoms with Gasteiger partial charge in [0, 0.05) is 14.9 Å². The molecule has 3 rings (SSSR count). The van der Waals surface area contributed by atoms with E-state index in [9.17, 15) is 9.59 Å². The molecule has 0 aliphatic carbocycles. The maximum atomic E-state index is 13.3. The number of hydrogen-bond acceptors (Lipinski definition) is 5. The van der Waals surface area contributed by atoms with Crippen molar-refractivity contribution in [1.82, 2.24) is 9.55 Å². The van der Waals surface area contributed by atoms with Gasteiger partial charge in [-0.2, -0.15) is 0 Å². The second-order valence-corrected chi connectivity index (χ2v) is 7.84. The molecule has 136 valence electrons. The van der Waals surface area contributed by atoms with Gasteiger partial charge in [-0.15, -0.1) is 11.3 Å². The number of aryl methyl sites for hydroxylation is 1. The number of esters is 1. The predicted octanol–water partition coefficient (Wildman–Crippen LogP) is 4.57. The van der Waals surface area contributed by atoms with Crippen molar-refractivity contribution >= 4 is 43.5 Å². The van der Waals surface area contributed by atoms with E-state index in [0.29, 0.717) is 16.6 Å². The number of benzene rings is 1. The molecule has 2 aromatic heterocycles. The monoisotopic (exact) mass is 434 g/mol.